The molecular formula is C31H55F2N9O2. The topological polar surface area (TPSA) is 144 Å². The molecule has 0 aromatic carbocycles. The first-order valence-corrected chi connectivity index (χ1v) is 17.3. The second-order valence-corrected chi connectivity index (χ2v) is 14.3. The number of piperidine rings is 3. The van der Waals surface area contributed by atoms with Crippen molar-refractivity contribution in [3.05, 3.63) is 0 Å². The third-order valence-electron chi connectivity index (χ3n) is 11.7. The zero-order valence-corrected chi connectivity index (χ0v) is 26.2. The van der Waals surface area contributed by atoms with Crippen molar-refractivity contribution >= 4 is 11.8 Å². The molecule has 1 saturated carbocycles. The Labute approximate surface area is 260 Å². The van der Waals surface area contributed by atoms with Gasteiger partial charge in [0, 0.05) is 51.2 Å². The third-order valence-corrected chi connectivity index (χ3v) is 11.7. The van der Waals surface area contributed by atoms with Crippen LogP contribution in [0.5, 0.6) is 0 Å². The summed E-state index contributed by atoms with van der Waals surface area (Å²) in [5, 5.41) is 12.9. The van der Waals surface area contributed by atoms with Gasteiger partial charge in [0.2, 0.25) is 11.8 Å². The second kappa shape index (κ2) is 14.1. The van der Waals surface area contributed by atoms with Gasteiger partial charge in [-0.1, -0.05) is 12.8 Å². The fourth-order valence-corrected chi connectivity index (χ4v) is 9.15. The van der Waals surface area contributed by atoms with Crippen LogP contribution in [-0.2, 0) is 9.59 Å². The molecule has 2 amide bonds. The molecule has 8 N–H and O–H groups in total. The summed E-state index contributed by atoms with van der Waals surface area (Å²) in [6, 6.07) is -0.378. The van der Waals surface area contributed by atoms with Crippen molar-refractivity contribution in [1.82, 2.24) is 36.0 Å². The van der Waals surface area contributed by atoms with Crippen molar-refractivity contribution in [2.75, 3.05) is 65.4 Å². The first-order valence-electron chi connectivity index (χ1n) is 17.3. The number of likely N-dealkylation sites (tertiary alicyclic amines) is 3. The summed E-state index contributed by atoms with van der Waals surface area (Å²) in [7, 11) is 0. The highest BCUT2D eigenvalue weighted by molar-refractivity contribution is 5.81. The lowest BCUT2D eigenvalue weighted by Crippen LogP contribution is -2.77. The number of carbonyl (C=O) groups excluding carboxylic acids is 2. The quantitative estimate of drug-likeness (QED) is 0.197. The molecular weight excluding hydrogens is 568 g/mol. The first-order chi connectivity index (χ1) is 21.3. The molecule has 44 heavy (non-hydrogen) atoms. The van der Waals surface area contributed by atoms with E-state index in [2.05, 4.69) is 36.0 Å². The fourth-order valence-electron chi connectivity index (χ4n) is 9.15. The lowest BCUT2D eigenvalue weighted by molar-refractivity contribution is -0.139. The third kappa shape index (κ3) is 6.65. The largest absolute Gasteiger partial charge is 0.350 e. The van der Waals surface area contributed by atoms with E-state index in [-0.39, 0.29) is 43.3 Å². The van der Waals surface area contributed by atoms with Crippen LogP contribution >= 0.6 is 0 Å². The number of halogens is 2. The molecule has 6 rings (SSSR count). The Bertz CT molecular complexity index is 973. The van der Waals surface area contributed by atoms with Gasteiger partial charge in [0.15, 0.2) is 0 Å². The summed E-state index contributed by atoms with van der Waals surface area (Å²) in [5.41, 5.74) is 11.7. The molecule has 6 aliphatic rings. The standard InChI is InChI=1S/C31H55F2N9O2/c32-22-16-37-31(38-17-22,21-4-1-2-5-21)26(28(34)35)29(43)39-25-19-36-18-24(33)27(25)41-12-6-20(7-13-41)30(44)42-14-8-23(9-15-42)40-10-3-11-40/h20-28,36-38H,1-19,34-35H2,(H,39,43). The van der Waals surface area contributed by atoms with Crippen molar-refractivity contribution in [3.63, 3.8) is 0 Å². The van der Waals surface area contributed by atoms with Crippen LogP contribution in [0.1, 0.15) is 57.8 Å². The molecule has 0 radical (unpaired) electrons. The average molecular weight is 624 g/mol. The van der Waals surface area contributed by atoms with E-state index in [9.17, 15) is 14.0 Å². The zero-order chi connectivity index (χ0) is 30.8. The molecule has 6 fully saturated rings. The molecule has 5 aliphatic heterocycles. The molecule has 5 heterocycles. The number of hydrogen-bond acceptors (Lipinski definition) is 9. The van der Waals surface area contributed by atoms with Crippen molar-refractivity contribution < 1.29 is 18.4 Å². The molecule has 0 bridgehead atoms. The maximum absolute atomic E-state index is 15.6. The van der Waals surface area contributed by atoms with Crippen LogP contribution < -0.4 is 32.7 Å². The zero-order valence-electron chi connectivity index (χ0n) is 26.2. The minimum absolute atomic E-state index is 0.0340. The summed E-state index contributed by atoms with van der Waals surface area (Å²) in [6.45, 7) is 6.19. The van der Waals surface area contributed by atoms with Crippen LogP contribution in [0.15, 0.2) is 0 Å². The Hall–Kier alpha value is -1.48. The molecule has 0 spiro atoms. The van der Waals surface area contributed by atoms with Gasteiger partial charge in [0.25, 0.3) is 0 Å². The minimum Gasteiger partial charge on any atom is -0.350 e. The Balaban J connectivity index is 1.08. The fraction of sp³-hybridized carbons (Fsp3) is 0.935. The van der Waals surface area contributed by atoms with Crippen LogP contribution in [0.25, 0.3) is 0 Å². The Morgan fingerprint density at radius 2 is 1.45 bits per heavy atom. The number of nitrogens with one attached hydrogen (secondary N) is 4. The van der Waals surface area contributed by atoms with Crippen molar-refractivity contribution in [3.8, 4) is 0 Å². The molecule has 13 heteroatoms. The van der Waals surface area contributed by atoms with Crippen LogP contribution in [0.3, 0.4) is 0 Å². The van der Waals surface area contributed by atoms with Crippen LogP contribution in [0.2, 0.25) is 0 Å². The minimum atomic E-state index is -1.17. The van der Waals surface area contributed by atoms with E-state index in [1.807, 2.05) is 0 Å². The predicted molar refractivity (Wildman–Crippen MR) is 165 cm³/mol. The lowest BCUT2D eigenvalue weighted by Gasteiger charge is -2.51. The highest BCUT2D eigenvalue weighted by Crippen LogP contribution is 2.39. The second-order valence-electron chi connectivity index (χ2n) is 14.3. The van der Waals surface area contributed by atoms with Gasteiger partial charge in [-0.15, -0.1) is 0 Å². The Morgan fingerprint density at radius 1 is 0.795 bits per heavy atom. The van der Waals surface area contributed by atoms with Gasteiger partial charge < -0.3 is 31.9 Å². The van der Waals surface area contributed by atoms with E-state index in [0.29, 0.717) is 38.5 Å². The van der Waals surface area contributed by atoms with Crippen LogP contribution in [0, 0.1) is 17.8 Å². The van der Waals surface area contributed by atoms with Crippen molar-refractivity contribution in [1.29, 1.82) is 0 Å². The molecule has 11 nitrogen and oxygen atoms in total. The van der Waals surface area contributed by atoms with Gasteiger partial charge in [0.05, 0.1) is 29.8 Å². The van der Waals surface area contributed by atoms with Gasteiger partial charge in [-0.3, -0.25) is 25.1 Å². The van der Waals surface area contributed by atoms with E-state index in [0.717, 1.165) is 51.6 Å². The van der Waals surface area contributed by atoms with Gasteiger partial charge >= 0.3 is 0 Å². The Kier molecular flexibility index (Phi) is 10.4. The number of nitrogens with two attached hydrogens (primary N) is 2. The van der Waals surface area contributed by atoms with Gasteiger partial charge in [-0.25, -0.2) is 8.78 Å². The number of hydrogen-bond donors (Lipinski definition) is 6. The van der Waals surface area contributed by atoms with Crippen LogP contribution in [-0.4, -0.2) is 134 Å². The average Bonchev–Trinajstić information content (AvgIpc) is 3.54. The first kappa shape index (κ1) is 32.5. The summed E-state index contributed by atoms with van der Waals surface area (Å²) < 4.78 is 29.9. The van der Waals surface area contributed by atoms with Crippen molar-refractivity contribution in [2.45, 2.75) is 100 Å². The molecule has 250 valence electrons. The molecule has 0 aromatic rings. The summed E-state index contributed by atoms with van der Waals surface area (Å²) >= 11 is 0. The predicted octanol–water partition coefficient (Wildman–Crippen LogP) is -0.533. The smallest absolute Gasteiger partial charge is 0.229 e. The van der Waals surface area contributed by atoms with E-state index in [4.69, 9.17) is 11.5 Å². The van der Waals surface area contributed by atoms with E-state index in [1.165, 1.54) is 19.5 Å². The number of amides is 2. The monoisotopic (exact) mass is 623 g/mol. The number of nitrogens with zero attached hydrogens (tertiary/aromatic N) is 3. The summed E-state index contributed by atoms with van der Waals surface area (Å²) in [6.07, 6.45) is 5.45. The normalized spacial score (nSPS) is 36.3. The van der Waals surface area contributed by atoms with Crippen LogP contribution in [0.4, 0.5) is 8.78 Å². The van der Waals surface area contributed by atoms with Gasteiger partial charge in [-0.05, 0) is 77.0 Å². The summed E-state index contributed by atoms with van der Waals surface area (Å²) in [4.78, 5) is 34.2. The molecule has 4 unspecified atom stereocenters. The SMILES string of the molecule is NC(N)C(C(=O)NC1CNCC(F)C1N1CCC(C(=O)N2CCC(N3CCC3)CC2)CC1)C1(C2CCCC2)NCC(F)CN1. The number of rotatable bonds is 8. The Morgan fingerprint density at radius 3 is 2.05 bits per heavy atom. The molecule has 0 aromatic heterocycles. The molecule has 4 atom stereocenters. The highest BCUT2D eigenvalue weighted by atomic mass is 19.1. The van der Waals surface area contributed by atoms with E-state index < -0.39 is 42.2 Å². The maximum Gasteiger partial charge on any atom is 0.229 e. The lowest BCUT2D eigenvalue weighted by atomic mass is 9.76. The number of carbonyl (C=O) groups is 2. The molecule has 1 aliphatic carbocycles. The van der Waals surface area contributed by atoms with Crippen molar-refractivity contribution in [2.24, 2.45) is 29.2 Å². The van der Waals surface area contributed by atoms with Gasteiger partial charge in [-0.2, -0.15) is 0 Å². The molecule has 5 saturated heterocycles. The summed E-state index contributed by atoms with van der Waals surface area (Å²) in [5.74, 6) is -0.881. The van der Waals surface area contributed by atoms with E-state index in [1.54, 1.807) is 0 Å². The highest BCUT2D eigenvalue weighted by Gasteiger charge is 2.53. The van der Waals surface area contributed by atoms with E-state index >= 15 is 4.39 Å². The maximum atomic E-state index is 15.6. The number of alkyl halides is 2. The van der Waals surface area contributed by atoms with Gasteiger partial charge in [0.1, 0.15) is 12.3 Å².